The van der Waals surface area contributed by atoms with E-state index in [0.29, 0.717) is 19.4 Å². The number of aliphatic hydroxyl groups is 2. The van der Waals surface area contributed by atoms with Crippen molar-refractivity contribution >= 4 is 5.91 Å². The van der Waals surface area contributed by atoms with Crippen LogP contribution in [0.25, 0.3) is 0 Å². The van der Waals surface area contributed by atoms with Gasteiger partial charge < -0.3 is 25.0 Å². The highest BCUT2D eigenvalue weighted by Gasteiger charge is 2.37. The summed E-state index contributed by atoms with van der Waals surface area (Å²) in [5.74, 6) is 2.28. The van der Waals surface area contributed by atoms with Crippen LogP contribution in [0.3, 0.4) is 0 Å². The smallest absolute Gasteiger partial charge is 0.217 e. The third kappa shape index (κ3) is 5.17. The highest BCUT2D eigenvalue weighted by atomic mass is 16.7. The van der Waals surface area contributed by atoms with Crippen LogP contribution in [0.5, 0.6) is 0 Å². The van der Waals surface area contributed by atoms with E-state index in [4.69, 9.17) is 21.0 Å². The average Bonchev–Trinajstić information content (AvgIpc) is 2.36. The predicted octanol–water partition coefficient (Wildman–Crippen LogP) is -0.611. The Morgan fingerprint density at radius 1 is 1.63 bits per heavy atom. The van der Waals surface area contributed by atoms with Gasteiger partial charge in [-0.3, -0.25) is 4.79 Å². The van der Waals surface area contributed by atoms with E-state index in [-0.39, 0.29) is 18.9 Å². The second-order valence-electron chi connectivity index (χ2n) is 4.51. The fourth-order valence-corrected chi connectivity index (χ4v) is 1.96. The van der Waals surface area contributed by atoms with Crippen LogP contribution in [0, 0.1) is 12.3 Å². The molecule has 1 heterocycles. The molecular weight excluding hydrogens is 250 g/mol. The first-order valence-corrected chi connectivity index (χ1v) is 6.35. The number of rotatable bonds is 6. The minimum atomic E-state index is -0.826. The third-order valence-electron chi connectivity index (χ3n) is 2.88. The van der Waals surface area contributed by atoms with Crippen molar-refractivity contribution in [1.29, 1.82) is 0 Å². The van der Waals surface area contributed by atoms with Gasteiger partial charge in [0.2, 0.25) is 5.91 Å². The Kier molecular flexibility index (Phi) is 6.81. The second-order valence-corrected chi connectivity index (χ2v) is 4.51. The monoisotopic (exact) mass is 271 g/mol. The Morgan fingerprint density at radius 2 is 2.37 bits per heavy atom. The van der Waals surface area contributed by atoms with Crippen LogP contribution < -0.4 is 5.32 Å². The number of ether oxygens (including phenoxy) is 2. The van der Waals surface area contributed by atoms with Crippen LogP contribution in [0.1, 0.15) is 26.2 Å². The third-order valence-corrected chi connectivity index (χ3v) is 2.88. The lowest BCUT2D eigenvalue weighted by atomic mass is 10.0. The zero-order chi connectivity index (χ0) is 14.3. The van der Waals surface area contributed by atoms with E-state index in [0.717, 1.165) is 0 Å². The first-order valence-electron chi connectivity index (χ1n) is 6.35. The molecule has 108 valence electrons. The predicted molar refractivity (Wildman–Crippen MR) is 68.0 cm³/mol. The number of hydrogen-bond acceptors (Lipinski definition) is 5. The summed E-state index contributed by atoms with van der Waals surface area (Å²) in [6.45, 7) is 1.50. The molecule has 0 bridgehead atoms. The summed E-state index contributed by atoms with van der Waals surface area (Å²) in [4.78, 5) is 11.1. The molecule has 0 unspecified atom stereocenters. The van der Waals surface area contributed by atoms with Gasteiger partial charge in [-0.05, 0) is 6.42 Å². The first kappa shape index (κ1) is 15.9. The molecule has 6 nitrogen and oxygen atoms in total. The van der Waals surface area contributed by atoms with E-state index in [1.165, 1.54) is 6.92 Å². The number of hydrogen-bond donors (Lipinski definition) is 3. The number of carbonyl (C=O) groups excluding carboxylic acids is 1. The summed E-state index contributed by atoms with van der Waals surface area (Å²) in [5.41, 5.74) is 0. The molecule has 1 saturated heterocycles. The summed E-state index contributed by atoms with van der Waals surface area (Å²) >= 11 is 0. The van der Waals surface area contributed by atoms with Gasteiger partial charge >= 0.3 is 0 Å². The highest BCUT2D eigenvalue weighted by molar-refractivity contribution is 5.73. The van der Waals surface area contributed by atoms with E-state index in [1.807, 2.05) is 0 Å². The molecule has 19 heavy (non-hydrogen) atoms. The van der Waals surface area contributed by atoms with Crippen molar-refractivity contribution in [2.24, 2.45) is 0 Å². The van der Waals surface area contributed by atoms with Crippen LogP contribution in [0.15, 0.2) is 0 Å². The molecule has 1 rings (SSSR count). The van der Waals surface area contributed by atoms with Crippen LogP contribution >= 0.6 is 0 Å². The number of unbranched alkanes of at least 4 members (excludes halogenated alkanes) is 1. The molecule has 1 aliphatic heterocycles. The number of terminal acetylenes is 1. The van der Waals surface area contributed by atoms with Crippen molar-refractivity contribution in [1.82, 2.24) is 5.32 Å². The van der Waals surface area contributed by atoms with Gasteiger partial charge in [0.25, 0.3) is 0 Å². The van der Waals surface area contributed by atoms with Crippen LogP contribution in [0.2, 0.25) is 0 Å². The molecule has 0 aromatic heterocycles. The van der Waals surface area contributed by atoms with Gasteiger partial charge in [-0.2, -0.15) is 0 Å². The van der Waals surface area contributed by atoms with Crippen LogP contribution in [-0.2, 0) is 14.3 Å². The van der Waals surface area contributed by atoms with Crippen molar-refractivity contribution < 1.29 is 24.5 Å². The van der Waals surface area contributed by atoms with E-state index in [9.17, 15) is 9.90 Å². The second kappa shape index (κ2) is 8.12. The highest BCUT2D eigenvalue weighted by Crippen LogP contribution is 2.21. The number of carbonyl (C=O) groups is 1. The minimum absolute atomic E-state index is 0.222. The molecular formula is C13H21NO5. The van der Waals surface area contributed by atoms with Crippen molar-refractivity contribution in [2.75, 3.05) is 13.2 Å². The van der Waals surface area contributed by atoms with Crippen LogP contribution in [0.4, 0.5) is 0 Å². The number of nitrogens with one attached hydrogen (secondary N) is 1. The van der Waals surface area contributed by atoms with E-state index in [1.54, 1.807) is 0 Å². The average molecular weight is 271 g/mol. The summed E-state index contributed by atoms with van der Waals surface area (Å²) in [7, 11) is 0. The summed E-state index contributed by atoms with van der Waals surface area (Å²) in [5, 5.41) is 21.5. The van der Waals surface area contributed by atoms with Crippen molar-refractivity contribution in [3.63, 3.8) is 0 Å². The van der Waals surface area contributed by atoms with Gasteiger partial charge in [0.05, 0.1) is 25.4 Å². The zero-order valence-electron chi connectivity index (χ0n) is 11.0. The molecule has 1 fully saturated rings. The molecule has 4 atom stereocenters. The summed E-state index contributed by atoms with van der Waals surface area (Å²) in [6, 6.07) is -0.430. The SMILES string of the molecule is C#CCCCO[C@H]1O[C@@H](CO)[C@@H](O)C[C@@H]1NC(C)=O. The lowest BCUT2D eigenvalue weighted by Gasteiger charge is -2.38. The Bertz CT molecular complexity index is 327. The molecule has 0 aliphatic carbocycles. The molecule has 1 aliphatic rings. The van der Waals surface area contributed by atoms with E-state index >= 15 is 0 Å². The van der Waals surface area contributed by atoms with Crippen molar-refractivity contribution in [3.8, 4) is 12.3 Å². The molecule has 0 saturated carbocycles. The molecule has 3 N–H and O–H groups in total. The Labute approximate surface area is 113 Å². The number of amides is 1. The summed E-state index contributed by atoms with van der Waals surface area (Å²) in [6.07, 6.45) is 4.52. The largest absolute Gasteiger partial charge is 0.394 e. The maximum absolute atomic E-state index is 11.1. The fourth-order valence-electron chi connectivity index (χ4n) is 1.96. The normalized spacial score (nSPS) is 30.6. The maximum atomic E-state index is 11.1. The molecule has 0 radical (unpaired) electrons. The molecule has 6 heteroatoms. The maximum Gasteiger partial charge on any atom is 0.217 e. The topological polar surface area (TPSA) is 88.0 Å². The molecule has 0 aromatic rings. The Balaban J connectivity index is 2.54. The van der Waals surface area contributed by atoms with Gasteiger partial charge in [-0.15, -0.1) is 12.3 Å². The van der Waals surface area contributed by atoms with Gasteiger partial charge in [-0.1, -0.05) is 0 Å². The van der Waals surface area contributed by atoms with Gasteiger partial charge in [0.15, 0.2) is 6.29 Å². The van der Waals surface area contributed by atoms with E-state index in [2.05, 4.69) is 11.2 Å². The molecule has 0 spiro atoms. The lowest BCUT2D eigenvalue weighted by Crippen LogP contribution is -2.56. The first-order chi connectivity index (χ1) is 9.08. The quantitative estimate of drug-likeness (QED) is 0.443. The van der Waals surface area contributed by atoms with Crippen molar-refractivity contribution in [2.45, 2.75) is 50.7 Å². The van der Waals surface area contributed by atoms with Gasteiger partial charge in [0, 0.05) is 19.8 Å². The van der Waals surface area contributed by atoms with Gasteiger partial charge in [0.1, 0.15) is 6.10 Å². The van der Waals surface area contributed by atoms with Crippen LogP contribution in [-0.4, -0.2) is 53.9 Å². The van der Waals surface area contributed by atoms with Gasteiger partial charge in [-0.25, -0.2) is 0 Å². The standard InChI is InChI=1S/C13H21NO5/c1-3-4-5-6-18-13-10(14-9(2)16)7-11(17)12(8-15)19-13/h1,10-13,15,17H,4-8H2,2H3,(H,14,16)/t10-,11-,12-,13-/m0/s1. The molecule has 0 aromatic carbocycles. The summed E-state index contributed by atoms with van der Waals surface area (Å²) < 4.78 is 11.0. The van der Waals surface area contributed by atoms with Crippen molar-refractivity contribution in [3.05, 3.63) is 0 Å². The lowest BCUT2D eigenvalue weighted by molar-refractivity contribution is -0.241. The minimum Gasteiger partial charge on any atom is -0.394 e. The number of aliphatic hydroxyl groups excluding tert-OH is 2. The Morgan fingerprint density at radius 3 is 2.95 bits per heavy atom. The van der Waals surface area contributed by atoms with E-state index < -0.39 is 24.5 Å². The Hall–Kier alpha value is -1.13. The molecule has 1 amide bonds. The fraction of sp³-hybridized carbons (Fsp3) is 0.769. The zero-order valence-corrected chi connectivity index (χ0v) is 11.0.